The Kier molecular flexibility index (Phi) is 7.29. The van der Waals surface area contributed by atoms with Gasteiger partial charge in [0.15, 0.2) is 5.96 Å². The SMILES string of the molecule is CN=C(NCC(C)Cc1cccs1)NCC1(C(=O)N(C)C)CCCC1. The van der Waals surface area contributed by atoms with Gasteiger partial charge >= 0.3 is 0 Å². The minimum atomic E-state index is -0.274. The summed E-state index contributed by atoms with van der Waals surface area (Å²) in [6, 6.07) is 4.29. The standard InChI is InChI=1S/C19H32N4OS/c1-15(12-16-8-7-11-25-16)13-21-18(20-2)22-14-19(9-5-6-10-19)17(24)23(3)4/h7-8,11,15H,5-6,9-10,12-14H2,1-4H3,(H2,20,21,22). The Morgan fingerprint density at radius 2 is 2.08 bits per heavy atom. The molecule has 6 heteroatoms. The second-order valence-corrected chi connectivity index (χ2v) is 8.41. The van der Waals surface area contributed by atoms with Crippen molar-refractivity contribution in [1.29, 1.82) is 0 Å². The number of amides is 1. The second kappa shape index (κ2) is 9.22. The van der Waals surface area contributed by atoms with E-state index in [1.165, 1.54) is 4.88 Å². The third-order valence-corrected chi connectivity index (χ3v) is 5.88. The third kappa shape index (κ3) is 5.46. The van der Waals surface area contributed by atoms with Crippen LogP contribution in [0.1, 0.15) is 37.5 Å². The number of nitrogens with one attached hydrogen (secondary N) is 2. The Labute approximate surface area is 155 Å². The van der Waals surface area contributed by atoms with E-state index in [4.69, 9.17) is 0 Å². The number of aliphatic imine (C=N–C) groups is 1. The number of thiophene rings is 1. The summed E-state index contributed by atoms with van der Waals surface area (Å²) in [7, 11) is 5.48. The lowest BCUT2D eigenvalue weighted by Gasteiger charge is -2.31. The van der Waals surface area contributed by atoms with Crippen molar-refractivity contribution in [1.82, 2.24) is 15.5 Å². The molecule has 1 atom stereocenters. The summed E-state index contributed by atoms with van der Waals surface area (Å²) in [5, 5.41) is 8.93. The smallest absolute Gasteiger partial charge is 0.230 e. The van der Waals surface area contributed by atoms with E-state index in [0.717, 1.165) is 44.6 Å². The van der Waals surface area contributed by atoms with Crippen LogP contribution in [0.15, 0.2) is 22.5 Å². The van der Waals surface area contributed by atoms with E-state index in [1.54, 1.807) is 11.9 Å². The van der Waals surface area contributed by atoms with E-state index >= 15 is 0 Å². The number of hydrogen-bond acceptors (Lipinski definition) is 3. The largest absolute Gasteiger partial charge is 0.356 e. The summed E-state index contributed by atoms with van der Waals surface area (Å²) < 4.78 is 0. The predicted molar refractivity (Wildman–Crippen MR) is 106 cm³/mol. The molecule has 0 aromatic carbocycles. The molecule has 1 amide bonds. The normalized spacial score (nSPS) is 18.0. The summed E-state index contributed by atoms with van der Waals surface area (Å²) in [5.74, 6) is 1.55. The first-order valence-electron chi connectivity index (χ1n) is 9.15. The van der Waals surface area contributed by atoms with Gasteiger partial charge in [-0.1, -0.05) is 25.8 Å². The first kappa shape index (κ1) is 19.8. The first-order valence-corrected chi connectivity index (χ1v) is 10.0. The average molecular weight is 365 g/mol. The number of rotatable bonds is 7. The Balaban J connectivity index is 1.83. The minimum absolute atomic E-state index is 0.235. The quantitative estimate of drug-likeness (QED) is 0.578. The molecule has 0 radical (unpaired) electrons. The van der Waals surface area contributed by atoms with Gasteiger partial charge in [0.1, 0.15) is 0 Å². The van der Waals surface area contributed by atoms with Gasteiger partial charge in [-0.05, 0) is 36.6 Å². The summed E-state index contributed by atoms with van der Waals surface area (Å²) in [4.78, 5) is 20.1. The van der Waals surface area contributed by atoms with Crippen LogP contribution < -0.4 is 10.6 Å². The van der Waals surface area contributed by atoms with Crippen molar-refractivity contribution < 1.29 is 4.79 Å². The van der Waals surface area contributed by atoms with Crippen LogP contribution in [0.25, 0.3) is 0 Å². The van der Waals surface area contributed by atoms with Crippen molar-refractivity contribution in [3.63, 3.8) is 0 Å². The summed E-state index contributed by atoms with van der Waals surface area (Å²) in [6.07, 6.45) is 5.26. The Morgan fingerprint density at radius 3 is 2.64 bits per heavy atom. The number of nitrogens with zero attached hydrogens (tertiary/aromatic N) is 2. The highest BCUT2D eigenvalue weighted by molar-refractivity contribution is 7.09. The van der Waals surface area contributed by atoms with E-state index in [1.807, 2.05) is 25.4 Å². The van der Waals surface area contributed by atoms with Crippen LogP contribution in [0, 0.1) is 11.3 Å². The molecule has 2 rings (SSSR count). The van der Waals surface area contributed by atoms with E-state index in [-0.39, 0.29) is 11.3 Å². The molecule has 1 aromatic rings. The van der Waals surface area contributed by atoms with Crippen molar-refractivity contribution in [2.24, 2.45) is 16.3 Å². The maximum atomic E-state index is 12.6. The highest BCUT2D eigenvalue weighted by atomic mass is 32.1. The van der Waals surface area contributed by atoms with Crippen molar-refractivity contribution in [2.45, 2.75) is 39.0 Å². The molecule has 1 saturated carbocycles. The zero-order valence-corrected chi connectivity index (χ0v) is 16.8. The zero-order valence-electron chi connectivity index (χ0n) is 16.0. The van der Waals surface area contributed by atoms with E-state index < -0.39 is 0 Å². The van der Waals surface area contributed by atoms with Crippen LogP contribution in [-0.2, 0) is 11.2 Å². The van der Waals surface area contributed by atoms with Gasteiger partial charge in [0, 0.05) is 39.1 Å². The maximum Gasteiger partial charge on any atom is 0.230 e. The maximum absolute atomic E-state index is 12.6. The fraction of sp³-hybridized carbons (Fsp3) is 0.684. The van der Waals surface area contributed by atoms with E-state index in [0.29, 0.717) is 12.5 Å². The van der Waals surface area contributed by atoms with Gasteiger partial charge in [-0.25, -0.2) is 0 Å². The minimum Gasteiger partial charge on any atom is -0.356 e. The first-order chi connectivity index (χ1) is 12.0. The molecule has 25 heavy (non-hydrogen) atoms. The Bertz CT molecular complexity index is 562. The summed E-state index contributed by atoms with van der Waals surface area (Å²) in [5.41, 5.74) is -0.274. The predicted octanol–water partition coefficient (Wildman–Crippen LogP) is 2.74. The second-order valence-electron chi connectivity index (χ2n) is 7.38. The highest BCUT2D eigenvalue weighted by Gasteiger charge is 2.42. The van der Waals surface area contributed by atoms with Gasteiger partial charge in [0.05, 0.1) is 5.41 Å². The molecule has 1 unspecified atom stereocenters. The molecule has 5 nitrogen and oxygen atoms in total. The lowest BCUT2D eigenvalue weighted by Crippen LogP contribution is -2.49. The third-order valence-electron chi connectivity index (χ3n) is 4.99. The van der Waals surface area contributed by atoms with Gasteiger partial charge in [-0.3, -0.25) is 9.79 Å². The number of hydrogen-bond donors (Lipinski definition) is 2. The van der Waals surface area contributed by atoms with Crippen molar-refractivity contribution in [2.75, 3.05) is 34.2 Å². The van der Waals surface area contributed by atoms with Crippen LogP contribution in [0.3, 0.4) is 0 Å². The summed E-state index contributed by atoms with van der Waals surface area (Å²) in [6.45, 7) is 3.77. The molecule has 1 aliphatic rings. The Hall–Kier alpha value is -1.56. The average Bonchev–Trinajstić information content (AvgIpc) is 3.26. The molecule has 1 aromatic heterocycles. The molecule has 0 spiro atoms. The van der Waals surface area contributed by atoms with Gasteiger partial charge < -0.3 is 15.5 Å². The van der Waals surface area contributed by atoms with Crippen LogP contribution in [0.2, 0.25) is 0 Å². The number of guanidine groups is 1. The van der Waals surface area contributed by atoms with Gasteiger partial charge in [-0.15, -0.1) is 11.3 Å². The Morgan fingerprint density at radius 1 is 1.36 bits per heavy atom. The molecule has 0 saturated heterocycles. The van der Waals surface area contributed by atoms with Crippen molar-refractivity contribution >= 4 is 23.2 Å². The van der Waals surface area contributed by atoms with E-state index in [2.05, 4.69) is 40.1 Å². The lowest BCUT2D eigenvalue weighted by atomic mass is 9.84. The fourth-order valence-electron chi connectivity index (χ4n) is 3.58. The van der Waals surface area contributed by atoms with Gasteiger partial charge in [0.25, 0.3) is 0 Å². The molecule has 1 fully saturated rings. The van der Waals surface area contributed by atoms with Crippen LogP contribution in [0.4, 0.5) is 0 Å². The van der Waals surface area contributed by atoms with Gasteiger partial charge in [0.2, 0.25) is 5.91 Å². The topological polar surface area (TPSA) is 56.7 Å². The molecule has 1 aliphatic carbocycles. The molecular formula is C19H32N4OS. The van der Waals surface area contributed by atoms with Gasteiger partial charge in [-0.2, -0.15) is 0 Å². The summed E-state index contributed by atoms with van der Waals surface area (Å²) >= 11 is 1.81. The van der Waals surface area contributed by atoms with Crippen LogP contribution in [0.5, 0.6) is 0 Å². The van der Waals surface area contributed by atoms with Crippen molar-refractivity contribution in [3.05, 3.63) is 22.4 Å². The molecule has 0 bridgehead atoms. The van der Waals surface area contributed by atoms with Crippen LogP contribution in [-0.4, -0.2) is 51.0 Å². The molecule has 2 N–H and O–H groups in total. The highest BCUT2D eigenvalue weighted by Crippen LogP contribution is 2.38. The molecule has 0 aliphatic heterocycles. The zero-order chi connectivity index (χ0) is 18.3. The van der Waals surface area contributed by atoms with Crippen molar-refractivity contribution in [3.8, 4) is 0 Å². The van der Waals surface area contributed by atoms with E-state index in [9.17, 15) is 4.79 Å². The lowest BCUT2D eigenvalue weighted by molar-refractivity contribution is -0.138. The molecule has 1 heterocycles. The van der Waals surface area contributed by atoms with Crippen LogP contribution >= 0.6 is 11.3 Å². The fourth-order valence-corrected chi connectivity index (χ4v) is 4.45. The molecular weight excluding hydrogens is 332 g/mol. The number of carbonyl (C=O) groups excluding carboxylic acids is 1. The number of carbonyl (C=O) groups is 1. The molecule has 140 valence electrons. The monoisotopic (exact) mass is 364 g/mol.